The molecular weight excluding hydrogens is 544 g/mol. The van der Waals surface area contributed by atoms with E-state index in [9.17, 15) is 18.4 Å². The maximum Gasteiger partial charge on any atom is 0.519 e. The van der Waals surface area contributed by atoms with Crippen molar-refractivity contribution < 1.29 is 42.8 Å². The molecule has 4 N–H and O–H groups in total. The Bertz CT molecular complexity index is 896. The number of hydrogen-bond donors (Lipinski definition) is 3. The monoisotopic (exact) mass is 579 g/mol. The van der Waals surface area contributed by atoms with Crippen LogP contribution in [0.25, 0.3) is 0 Å². The third-order valence-electron chi connectivity index (χ3n) is 3.66. The van der Waals surface area contributed by atoms with Gasteiger partial charge in [-0.05, 0) is 65.7 Å². The number of carbonyl (C=O) groups excluding carboxylic acids is 2. The van der Waals surface area contributed by atoms with Crippen molar-refractivity contribution in [1.29, 1.82) is 0 Å². The van der Waals surface area contributed by atoms with Gasteiger partial charge in [0.2, 0.25) is 0 Å². The molecule has 2 aromatic rings. The van der Waals surface area contributed by atoms with Crippen molar-refractivity contribution in [3.05, 3.63) is 59.2 Å². The summed E-state index contributed by atoms with van der Waals surface area (Å²) in [5.41, 5.74) is 4.67. The van der Waals surface area contributed by atoms with Crippen LogP contribution in [0, 0.1) is 11.6 Å². The van der Waals surface area contributed by atoms with Crippen LogP contribution in [0.2, 0.25) is 0 Å². The Morgan fingerprint density at radius 2 is 1.17 bits per heavy atom. The lowest BCUT2D eigenvalue weighted by Gasteiger charge is -2.20. The van der Waals surface area contributed by atoms with Crippen molar-refractivity contribution in [2.45, 2.75) is 72.6 Å². The zero-order valence-electron chi connectivity index (χ0n) is 21.6. The summed E-state index contributed by atoms with van der Waals surface area (Å²) in [6, 6.07) is 9.02. The van der Waals surface area contributed by atoms with Gasteiger partial charge in [0, 0.05) is 12.1 Å². The van der Waals surface area contributed by atoms with Gasteiger partial charge in [-0.2, -0.15) is 0 Å². The summed E-state index contributed by atoms with van der Waals surface area (Å²) >= 11 is 0. The van der Waals surface area contributed by atoms with Crippen molar-refractivity contribution in [3.63, 3.8) is 0 Å². The van der Waals surface area contributed by atoms with Gasteiger partial charge in [0.25, 0.3) is 0 Å². The quantitative estimate of drug-likeness (QED) is 0.270. The van der Waals surface area contributed by atoms with Gasteiger partial charge in [0.1, 0.15) is 11.2 Å². The maximum atomic E-state index is 12.8. The lowest BCUT2D eigenvalue weighted by atomic mass is 10.1. The average molecular weight is 580 g/mol. The molecule has 0 unspecified atom stereocenters. The molecule has 0 atom stereocenters. The number of halogens is 3. The third-order valence-corrected chi connectivity index (χ3v) is 3.66. The minimum atomic E-state index is -1.06. The molecule has 0 bridgehead atoms. The molecule has 0 radical (unpaired) electrons. The second-order valence-electron chi connectivity index (χ2n) is 9.09. The van der Waals surface area contributed by atoms with Gasteiger partial charge in [-0.25, -0.2) is 18.4 Å². The number of phenolic OH excluding ortho intramolecular Hbond substituents is 2. The van der Waals surface area contributed by atoms with E-state index >= 15 is 0 Å². The molecule has 0 spiro atoms. The van der Waals surface area contributed by atoms with E-state index in [1.165, 1.54) is 18.2 Å². The number of phenols is 2. The van der Waals surface area contributed by atoms with E-state index in [4.69, 9.17) is 25.4 Å². The largest absolute Gasteiger partial charge is 0.519 e. The summed E-state index contributed by atoms with van der Waals surface area (Å²) in [5.74, 6) is -1.72. The lowest BCUT2D eigenvalue weighted by Crippen LogP contribution is -2.29. The van der Waals surface area contributed by atoms with E-state index in [2.05, 4.69) is 4.74 Å². The van der Waals surface area contributed by atoms with Gasteiger partial charge < -0.3 is 30.2 Å². The summed E-state index contributed by atoms with van der Waals surface area (Å²) in [5, 5.41) is 17.7. The van der Waals surface area contributed by atoms with E-state index in [1.807, 2.05) is 6.92 Å². The minimum Gasteiger partial charge on any atom is -0.505 e. The topological polar surface area (TPSA) is 128 Å². The molecule has 2 rings (SSSR count). The molecule has 8 nitrogen and oxygen atoms in total. The SMILES string of the molecule is Br.CC(C)(C)OC(=O)OC(=O)OC(C)(C)C.CCc1cccc(O)c1F.NCc1cccc(O)c1F. The average Bonchev–Trinajstić information content (AvgIpc) is 2.70. The first-order valence-corrected chi connectivity index (χ1v) is 10.8. The van der Waals surface area contributed by atoms with Gasteiger partial charge in [0.05, 0.1) is 0 Å². The first kappa shape index (κ1) is 35.2. The Labute approximate surface area is 221 Å². The molecule has 0 aliphatic heterocycles. The second-order valence-corrected chi connectivity index (χ2v) is 9.09. The van der Waals surface area contributed by atoms with E-state index in [0.717, 1.165) is 0 Å². The third kappa shape index (κ3) is 15.2. The number of carbonyl (C=O) groups is 2. The molecule has 0 heterocycles. The molecule has 0 saturated heterocycles. The fourth-order valence-electron chi connectivity index (χ4n) is 2.17. The van der Waals surface area contributed by atoms with Gasteiger partial charge in [-0.1, -0.05) is 31.2 Å². The van der Waals surface area contributed by atoms with Crippen LogP contribution in [0.15, 0.2) is 36.4 Å². The highest BCUT2D eigenvalue weighted by Crippen LogP contribution is 2.19. The van der Waals surface area contributed by atoms with Crippen LogP contribution in [0.3, 0.4) is 0 Å². The van der Waals surface area contributed by atoms with Gasteiger partial charge in [0.15, 0.2) is 23.1 Å². The van der Waals surface area contributed by atoms with Crippen molar-refractivity contribution in [3.8, 4) is 11.5 Å². The van der Waals surface area contributed by atoms with Crippen LogP contribution in [0.4, 0.5) is 18.4 Å². The van der Waals surface area contributed by atoms with Gasteiger partial charge in [-0.15, -0.1) is 17.0 Å². The van der Waals surface area contributed by atoms with E-state index in [-0.39, 0.29) is 35.0 Å². The number of rotatable bonds is 2. The Hall–Kier alpha value is -2.92. The second kappa shape index (κ2) is 15.9. The summed E-state index contributed by atoms with van der Waals surface area (Å²) in [6.07, 6.45) is -1.51. The van der Waals surface area contributed by atoms with Crippen LogP contribution in [0.1, 0.15) is 59.6 Å². The number of ether oxygens (including phenoxy) is 3. The first-order valence-electron chi connectivity index (χ1n) is 10.8. The van der Waals surface area contributed by atoms with Crippen LogP contribution in [-0.4, -0.2) is 33.7 Å². The van der Waals surface area contributed by atoms with Crippen LogP contribution < -0.4 is 5.73 Å². The van der Waals surface area contributed by atoms with Crippen LogP contribution in [-0.2, 0) is 27.2 Å². The zero-order valence-corrected chi connectivity index (χ0v) is 23.3. The number of benzene rings is 2. The Morgan fingerprint density at radius 1 is 0.806 bits per heavy atom. The molecule has 11 heteroatoms. The molecule has 2 aromatic carbocycles. The highest BCUT2D eigenvalue weighted by atomic mass is 79.9. The molecular formula is C25H36BrF2NO7. The molecule has 0 fully saturated rings. The van der Waals surface area contributed by atoms with Crippen molar-refractivity contribution in [2.24, 2.45) is 5.73 Å². The summed E-state index contributed by atoms with van der Waals surface area (Å²) < 4.78 is 39.2. The number of hydrogen-bond acceptors (Lipinski definition) is 8. The molecule has 0 saturated carbocycles. The Morgan fingerprint density at radius 3 is 1.44 bits per heavy atom. The zero-order chi connectivity index (χ0) is 27.4. The normalized spacial score (nSPS) is 10.4. The predicted octanol–water partition coefficient (Wildman–Crippen LogP) is 6.53. The molecule has 0 aliphatic carbocycles. The summed E-state index contributed by atoms with van der Waals surface area (Å²) in [6.45, 7) is 12.0. The van der Waals surface area contributed by atoms with Gasteiger partial charge in [-0.3, -0.25) is 0 Å². The lowest BCUT2D eigenvalue weighted by molar-refractivity contribution is -0.0293. The minimum absolute atomic E-state index is 0. The first-order chi connectivity index (χ1) is 16.0. The Kier molecular flexibility index (Phi) is 15.6. The molecule has 204 valence electrons. The van der Waals surface area contributed by atoms with Crippen molar-refractivity contribution >= 4 is 29.3 Å². The Balaban J connectivity index is 0. The summed E-state index contributed by atoms with van der Waals surface area (Å²) in [7, 11) is 0. The van der Waals surface area contributed by atoms with Gasteiger partial charge >= 0.3 is 12.3 Å². The fraction of sp³-hybridized carbons (Fsp3) is 0.440. The molecule has 0 amide bonds. The van der Waals surface area contributed by atoms with E-state index in [0.29, 0.717) is 17.5 Å². The number of nitrogens with two attached hydrogens (primary N) is 1. The highest BCUT2D eigenvalue weighted by Gasteiger charge is 2.24. The maximum absolute atomic E-state index is 12.8. The smallest absolute Gasteiger partial charge is 0.505 e. The summed E-state index contributed by atoms with van der Waals surface area (Å²) in [4.78, 5) is 22.0. The highest BCUT2D eigenvalue weighted by molar-refractivity contribution is 8.93. The van der Waals surface area contributed by atoms with Crippen molar-refractivity contribution in [1.82, 2.24) is 0 Å². The fourth-order valence-corrected chi connectivity index (χ4v) is 2.17. The molecule has 36 heavy (non-hydrogen) atoms. The van der Waals surface area contributed by atoms with E-state index in [1.54, 1.807) is 59.7 Å². The van der Waals surface area contributed by atoms with Crippen LogP contribution >= 0.6 is 17.0 Å². The standard InChI is InChI=1S/C10H18O5.C8H9FO.C7H8FNO.BrH/c1-9(2,3)14-7(11)13-8(12)15-10(4,5)6;1-2-6-4-3-5-7(10)8(6)9;8-7-5(4-9)2-1-3-6(7)10;/h1-6H3;3-5,10H,2H2,1H3;1-3,10H,4,9H2;1H. The van der Waals surface area contributed by atoms with Crippen molar-refractivity contribution in [2.75, 3.05) is 0 Å². The van der Waals surface area contributed by atoms with E-state index < -0.39 is 35.1 Å². The molecule has 0 aromatic heterocycles. The number of aromatic hydroxyl groups is 2. The number of aryl methyl sites for hydroxylation is 1. The molecule has 0 aliphatic rings. The van der Waals surface area contributed by atoms with Crippen LogP contribution in [0.5, 0.6) is 11.5 Å². The predicted molar refractivity (Wildman–Crippen MR) is 137 cm³/mol.